The van der Waals surface area contributed by atoms with Crippen LogP contribution in [0.1, 0.15) is 45.4 Å². The van der Waals surface area contributed by atoms with Crippen molar-refractivity contribution in [3.63, 3.8) is 0 Å². The minimum absolute atomic E-state index is 0.146. The predicted octanol–water partition coefficient (Wildman–Crippen LogP) is 5.92. The van der Waals surface area contributed by atoms with E-state index in [2.05, 4.69) is 17.6 Å². The summed E-state index contributed by atoms with van der Waals surface area (Å²) in [6.45, 7) is 2.15. The number of nitrogens with one attached hydrogen (secondary N) is 2. The molecule has 2 N–H and O–H groups in total. The Morgan fingerprint density at radius 1 is 1.17 bits per heavy atom. The molecule has 0 saturated heterocycles. The molecule has 1 rings (SSSR count). The first-order valence-electron chi connectivity index (χ1n) is 7.71. The summed E-state index contributed by atoms with van der Waals surface area (Å²) in [6.07, 6.45) is 4.93. The number of benzene rings is 1. The maximum absolute atomic E-state index is 12.0. The number of halogens is 4. The predicted molar refractivity (Wildman–Crippen MR) is 101 cm³/mol. The van der Waals surface area contributed by atoms with Crippen LogP contribution in [0.3, 0.4) is 0 Å². The molecule has 0 aromatic heterocycles. The van der Waals surface area contributed by atoms with E-state index in [-0.39, 0.29) is 5.91 Å². The maximum Gasteiger partial charge on any atom is 0.228 e. The van der Waals surface area contributed by atoms with Crippen LogP contribution in [0.2, 0.25) is 5.02 Å². The number of alkyl halides is 3. The maximum atomic E-state index is 12.0. The highest BCUT2D eigenvalue weighted by Crippen LogP contribution is 2.31. The molecule has 0 bridgehead atoms. The molecular weight excluding hydrogens is 378 g/mol. The van der Waals surface area contributed by atoms with Gasteiger partial charge in [0.1, 0.15) is 6.17 Å². The summed E-state index contributed by atoms with van der Waals surface area (Å²) in [5.41, 5.74) is 0.664. The Labute approximate surface area is 158 Å². The molecule has 0 aliphatic heterocycles. The second-order valence-corrected chi connectivity index (χ2v) is 8.17. The Hall–Kier alpha value is -0.350. The van der Waals surface area contributed by atoms with Crippen molar-refractivity contribution < 1.29 is 4.79 Å². The van der Waals surface area contributed by atoms with Gasteiger partial charge in [-0.15, -0.1) is 0 Å². The molecule has 0 saturated carbocycles. The van der Waals surface area contributed by atoms with Gasteiger partial charge in [-0.1, -0.05) is 85.1 Å². The number of anilines is 1. The fourth-order valence-electron chi connectivity index (χ4n) is 2.07. The van der Waals surface area contributed by atoms with Crippen molar-refractivity contribution in [2.24, 2.45) is 0 Å². The molecule has 0 heterocycles. The van der Waals surface area contributed by atoms with Crippen molar-refractivity contribution >= 4 is 58.0 Å². The van der Waals surface area contributed by atoms with E-state index in [9.17, 15) is 4.79 Å². The number of rotatable bonds is 9. The summed E-state index contributed by atoms with van der Waals surface area (Å²) in [4.78, 5) is 12.0. The van der Waals surface area contributed by atoms with Crippen LogP contribution < -0.4 is 10.6 Å². The molecule has 1 aromatic carbocycles. The Morgan fingerprint density at radius 2 is 1.87 bits per heavy atom. The highest BCUT2D eigenvalue weighted by atomic mass is 35.6. The minimum Gasteiger partial charge on any atom is -0.362 e. The van der Waals surface area contributed by atoms with Gasteiger partial charge in [0, 0.05) is 17.1 Å². The van der Waals surface area contributed by atoms with E-state index in [4.69, 9.17) is 46.4 Å². The van der Waals surface area contributed by atoms with Crippen molar-refractivity contribution in [3.8, 4) is 0 Å². The van der Waals surface area contributed by atoms with Crippen molar-refractivity contribution in [3.05, 3.63) is 29.3 Å². The standard InChI is InChI=1S/C16H22Cl4N2O/c1-2-3-4-5-6-10-14(23)22-15(16(18,19)20)21-13-9-7-8-12(17)11-13/h7-9,11,15,21H,2-6,10H2,1H3,(H,22,23)/t15-/m1/s1. The van der Waals surface area contributed by atoms with E-state index >= 15 is 0 Å². The second kappa shape index (κ2) is 10.5. The van der Waals surface area contributed by atoms with Gasteiger partial charge >= 0.3 is 0 Å². The number of carbonyl (C=O) groups is 1. The Balaban J connectivity index is 2.53. The van der Waals surface area contributed by atoms with E-state index in [1.54, 1.807) is 24.3 Å². The zero-order valence-corrected chi connectivity index (χ0v) is 16.1. The van der Waals surface area contributed by atoms with Gasteiger partial charge in [-0.25, -0.2) is 0 Å². The van der Waals surface area contributed by atoms with Crippen LogP contribution >= 0.6 is 46.4 Å². The fraction of sp³-hybridized carbons (Fsp3) is 0.562. The number of carbonyl (C=O) groups excluding carboxylic acids is 1. The highest BCUT2D eigenvalue weighted by molar-refractivity contribution is 6.68. The lowest BCUT2D eigenvalue weighted by atomic mass is 10.1. The van der Waals surface area contributed by atoms with Crippen LogP contribution in [0.25, 0.3) is 0 Å². The molecule has 7 heteroatoms. The summed E-state index contributed by atoms with van der Waals surface area (Å²) in [5, 5.41) is 6.27. The van der Waals surface area contributed by atoms with E-state index < -0.39 is 9.96 Å². The molecule has 0 aliphatic carbocycles. The second-order valence-electron chi connectivity index (χ2n) is 5.36. The molecular formula is C16H22Cl4N2O. The first-order chi connectivity index (χ1) is 10.8. The Kier molecular flexibility index (Phi) is 9.45. The molecule has 0 unspecified atom stereocenters. The fourth-order valence-corrected chi connectivity index (χ4v) is 2.58. The van der Waals surface area contributed by atoms with Crippen LogP contribution in [0, 0.1) is 0 Å². The minimum atomic E-state index is -1.68. The summed E-state index contributed by atoms with van der Waals surface area (Å²) in [6, 6.07) is 7.00. The van der Waals surface area contributed by atoms with Crippen LogP contribution in [0.5, 0.6) is 0 Å². The first kappa shape index (κ1) is 20.7. The van der Waals surface area contributed by atoms with Crippen molar-refractivity contribution in [1.82, 2.24) is 5.32 Å². The monoisotopic (exact) mass is 398 g/mol. The number of amides is 1. The molecule has 3 nitrogen and oxygen atoms in total. The number of unbranched alkanes of at least 4 members (excludes halogenated alkanes) is 4. The molecule has 130 valence electrons. The van der Waals surface area contributed by atoms with Crippen LogP contribution in [0.15, 0.2) is 24.3 Å². The Bertz CT molecular complexity index is 491. The zero-order chi connectivity index (χ0) is 17.3. The Morgan fingerprint density at radius 3 is 2.48 bits per heavy atom. The van der Waals surface area contributed by atoms with Gasteiger partial charge in [-0.05, 0) is 24.6 Å². The zero-order valence-electron chi connectivity index (χ0n) is 13.0. The number of hydrogen-bond donors (Lipinski definition) is 2. The largest absolute Gasteiger partial charge is 0.362 e. The number of hydrogen-bond acceptors (Lipinski definition) is 2. The van der Waals surface area contributed by atoms with E-state index in [1.165, 1.54) is 12.8 Å². The van der Waals surface area contributed by atoms with Crippen LogP contribution in [0.4, 0.5) is 5.69 Å². The molecule has 1 aromatic rings. The van der Waals surface area contributed by atoms with Crippen LogP contribution in [-0.2, 0) is 4.79 Å². The first-order valence-corrected chi connectivity index (χ1v) is 9.22. The smallest absolute Gasteiger partial charge is 0.228 e. The highest BCUT2D eigenvalue weighted by Gasteiger charge is 2.33. The van der Waals surface area contributed by atoms with Gasteiger partial charge in [0.05, 0.1) is 0 Å². The lowest BCUT2D eigenvalue weighted by molar-refractivity contribution is -0.121. The molecule has 0 fully saturated rings. The molecule has 23 heavy (non-hydrogen) atoms. The van der Waals surface area contributed by atoms with Crippen molar-refractivity contribution in [1.29, 1.82) is 0 Å². The quantitative estimate of drug-likeness (QED) is 0.307. The molecule has 0 aliphatic rings. The molecule has 0 radical (unpaired) electrons. The van der Waals surface area contributed by atoms with Crippen molar-refractivity contribution in [2.45, 2.75) is 55.4 Å². The van der Waals surface area contributed by atoms with Gasteiger partial charge in [0.25, 0.3) is 0 Å². The van der Waals surface area contributed by atoms with Gasteiger partial charge in [0.2, 0.25) is 9.70 Å². The molecule has 1 amide bonds. The lowest BCUT2D eigenvalue weighted by Gasteiger charge is -2.27. The normalized spacial score (nSPS) is 12.7. The average molecular weight is 400 g/mol. The van der Waals surface area contributed by atoms with Gasteiger partial charge in [0.15, 0.2) is 0 Å². The topological polar surface area (TPSA) is 41.1 Å². The van der Waals surface area contributed by atoms with Crippen molar-refractivity contribution in [2.75, 3.05) is 5.32 Å². The third kappa shape index (κ3) is 8.90. The lowest BCUT2D eigenvalue weighted by Crippen LogP contribution is -2.49. The van der Waals surface area contributed by atoms with E-state index in [0.717, 1.165) is 19.3 Å². The van der Waals surface area contributed by atoms with Gasteiger partial charge in [-0.2, -0.15) is 0 Å². The SMILES string of the molecule is CCCCCCCC(=O)N[C@@H](Nc1cccc(Cl)c1)C(Cl)(Cl)Cl. The van der Waals surface area contributed by atoms with E-state index in [1.807, 2.05) is 0 Å². The summed E-state index contributed by atoms with van der Waals surface area (Å²) < 4.78 is -1.68. The van der Waals surface area contributed by atoms with Gasteiger partial charge < -0.3 is 10.6 Å². The average Bonchev–Trinajstić information content (AvgIpc) is 2.45. The van der Waals surface area contributed by atoms with Crippen LogP contribution in [-0.4, -0.2) is 15.9 Å². The third-order valence-electron chi connectivity index (χ3n) is 3.28. The summed E-state index contributed by atoms with van der Waals surface area (Å²) >= 11 is 23.8. The molecule has 1 atom stereocenters. The third-order valence-corrected chi connectivity index (χ3v) is 4.17. The van der Waals surface area contributed by atoms with Gasteiger partial charge in [-0.3, -0.25) is 4.79 Å². The summed E-state index contributed by atoms with van der Waals surface area (Å²) in [5.74, 6) is -0.146. The summed E-state index contributed by atoms with van der Waals surface area (Å²) in [7, 11) is 0. The molecule has 0 spiro atoms. The van der Waals surface area contributed by atoms with E-state index in [0.29, 0.717) is 17.1 Å².